The van der Waals surface area contributed by atoms with Gasteiger partial charge >= 0.3 is 0 Å². The second kappa shape index (κ2) is 12.5. The van der Waals surface area contributed by atoms with Crippen LogP contribution in [0.25, 0.3) is 0 Å². The van der Waals surface area contributed by atoms with Crippen molar-refractivity contribution < 1.29 is 8.42 Å². The second-order valence-electron chi connectivity index (χ2n) is 8.80. The normalized spacial score (nSPS) is 17.5. The number of sulfone groups is 1. The second-order valence-corrected chi connectivity index (χ2v) is 11.1. The summed E-state index contributed by atoms with van der Waals surface area (Å²) in [5.74, 6) is 0.931. The fourth-order valence-corrected chi connectivity index (χ4v) is 4.43. The number of halogens is 1. The van der Waals surface area contributed by atoms with Crippen molar-refractivity contribution in [2.75, 3.05) is 43.1 Å². The molecule has 7 nitrogen and oxygen atoms in total. The summed E-state index contributed by atoms with van der Waals surface area (Å²) in [6.45, 7) is 9.17. The summed E-state index contributed by atoms with van der Waals surface area (Å²) in [7, 11) is -2.98. The number of guanidine groups is 1. The Morgan fingerprint density at radius 2 is 2.06 bits per heavy atom. The van der Waals surface area contributed by atoms with Gasteiger partial charge in [0.05, 0.1) is 17.0 Å². The van der Waals surface area contributed by atoms with E-state index in [1.165, 1.54) is 6.26 Å². The van der Waals surface area contributed by atoms with E-state index in [0.717, 1.165) is 44.1 Å². The molecule has 1 unspecified atom stereocenters. The Morgan fingerprint density at radius 3 is 2.71 bits per heavy atom. The first-order chi connectivity index (χ1) is 14.1. The summed E-state index contributed by atoms with van der Waals surface area (Å²) < 4.78 is 23.0. The van der Waals surface area contributed by atoms with Gasteiger partial charge in [-0.25, -0.2) is 8.42 Å². The molecule has 0 saturated carbocycles. The molecule has 0 aliphatic carbocycles. The van der Waals surface area contributed by atoms with Crippen molar-refractivity contribution in [2.45, 2.75) is 46.1 Å². The highest BCUT2D eigenvalue weighted by Gasteiger charge is 2.24. The van der Waals surface area contributed by atoms with Crippen molar-refractivity contribution in [3.63, 3.8) is 0 Å². The number of nitrogens with zero attached hydrogens (tertiary/aromatic N) is 3. The van der Waals surface area contributed by atoms with E-state index in [1.807, 2.05) is 45.0 Å². The van der Waals surface area contributed by atoms with Crippen LogP contribution in [-0.2, 0) is 9.84 Å². The highest BCUT2D eigenvalue weighted by Crippen LogP contribution is 2.24. The van der Waals surface area contributed by atoms with Crippen LogP contribution in [0.15, 0.2) is 29.3 Å². The van der Waals surface area contributed by atoms with Gasteiger partial charge in [-0.15, -0.1) is 24.0 Å². The summed E-state index contributed by atoms with van der Waals surface area (Å²) in [6.07, 6.45) is 3.93. The van der Waals surface area contributed by atoms with Gasteiger partial charge in [0, 0.05) is 38.5 Å². The Balaban J connectivity index is 0.00000480. The summed E-state index contributed by atoms with van der Waals surface area (Å²) in [5.41, 5.74) is 1.48. The number of hydrogen-bond donors (Lipinski definition) is 2. The largest absolute Gasteiger partial charge is 0.368 e. The molecule has 1 atom stereocenters. The van der Waals surface area contributed by atoms with E-state index in [-0.39, 0.29) is 41.2 Å². The number of rotatable bonds is 8. The fourth-order valence-electron chi connectivity index (χ4n) is 3.50. The molecule has 2 rings (SSSR count). The molecular formula is C22H36IN5O2S. The van der Waals surface area contributed by atoms with Crippen molar-refractivity contribution >= 4 is 45.5 Å². The molecule has 9 heteroatoms. The highest BCUT2D eigenvalue weighted by atomic mass is 127. The lowest BCUT2D eigenvalue weighted by molar-refractivity contribution is 0.364. The first kappa shape index (κ1) is 27.5. The lowest BCUT2D eigenvalue weighted by atomic mass is 9.90. The quantitative estimate of drug-likeness (QED) is 0.288. The van der Waals surface area contributed by atoms with E-state index in [9.17, 15) is 13.7 Å². The van der Waals surface area contributed by atoms with Gasteiger partial charge < -0.3 is 15.5 Å². The van der Waals surface area contributed by atoms with Crippen LogP contribution in [0.3, 0.4) is 0 Å². The SMILES string of the molecule is CCNC(=NCC(C)(C)CCS(C)(=O)=O)NC1CCCN(c2ccccc2C#N)C1.I. The average Bonchev–Trinajstić information content (AvgIpc) is 2.71. The summed E-state index contributed by atoms with van der Waals surface area (Å²) >= 11 is 0. The summed E-state index contributed by atoms with van der Waals surface area (Å²) in [5, 5.41) is 16.2. The van der Waals surface area contributed by atoms with E-state index in [4.69, 9.17) is 4.99 Å². The molecular weight excluding hydrogens is 525 g/mol. The molecule has 0 spiro atoms. The first-order valence-electron chi connectivity index (χ1n) is 10.6. The molecule has 1 aromatic carbocycles. The average molecular weight is 562 g/mol. The summed E-state index contributed by atoms with van der Waals surface area (Å²) in [4.78, 5) is 7.00. The Hall–Kier alpha value is -1.54. The fraction of sp³-hybridized carbons (Fsp3) is 0.636. The topological polar surface area (TPSA) is 97.6 Å². The number of anilines is 1. The Kier molecular flexibility index (Phi) is 11.1. The van der Waals surface area contributed by atoms with Gasteiger partial charge in [0.1, 0.15) is 15.9 Å². The van der Waals surface area contributed by atoms with Gasteiger partial charge in [-0.2, -0.15) is 5.26 Å². The monoisotopic (exact) mass is 561 g/mol. The number of benzene rings is 1. The predicted octanol–water partition coefficient (Wildman–Crippen LogP) is 3.16. The lowest BCUT2D eigenvalue weighted by Crippen LogP contribution is -2.51. The molecule has 0 radical (unpaired) electrons. The van der Waals surface area contributed by atoms with E-state index in [1.54, 1.807) is 0 Å². The summed E-state index contributed by atoms with van der Waals surface area (Å²) in [6, 6.07) is 10.2. The number of piperidine rings is 1. The molecule has 1 aliphatic heterocycles. The zero-order valence-electron chi connectivity index (χ0n) is 19.0. The molecule has 1 fully saturated rings. The minimum atomic E-state index is -2.98. The molecule has 1 aliphatic rings. The van der Waals surface area contributed by atoms with Gasteiger partial charge in [-0.05, 0) is 43.7 Å². The molecule has 0 aromatic heterocycles. The van der Waals surface area contributed by atoms with Crippen LogP contribution < -0.4 is 15.5 Å². The van der Waals surface area contributed by atoms with E-state index < -0.39 is 9.84 Å². The van der Waals surface area contributed by atoms with Crippen LogP contribution in [-0.4, -0.2) is 58.6 Å². The predicted molar refractivity (Wildman–Crippen MR) is 139 cm³/mol. The Bertz CT molecular complexity index is 880. The van der Waals surface area contributed by atoms with Crippen LogP contribution in [0.4, 0.5) is 5.69 Å². The van der Waals surface area contributed by atoms with Crippen molar-refractivity contribution in [2.24, 2.45) is 10.4 Å². The van der Waals surface area contributed by atoms with E-state index in [0.29, 0.717) is 18.5 Å². The molecule has 31 heavy (non-hydrogen) atoms. The third kappa shape index (κ3) is 9.64. The number of aliphatic imine (C=N–C) groups is 1. The zero-order chi connectivity index (χ0) is 22.2. The minimum Gasteiger partial charge on any atom is -0.368 e. The van der Waals surface area contributed by atoms with Crippen LogP contribution in [0, 0.1) is 16.7 Å². The van der Waals surface area contributed by atoms with Crippen LogP contribution >= 0.6 is 24.0 Å². The van der Waals surface area contributed by atoms with Crippen molar-refractivity contribution in [1.29, 1.82) is 5.26 Å². The maximum absolute atomic E-state index is 11.5. The van der Waals surface area contributed by atoms with Gasteiger partial charge in [0.25, 0.3) is 0 Å². The number of nitrogens with one attached hydrogen (secondary N) is 2. The van der Waals surface area contributed by atoms with Gasteiger partial charge in [-0.1, -0.05) is 26.0 Å². The van der Waals surface area contributed by atoms with Crippen molar-refractivity contribution in [3.8, 4) is 6.07 Å². The van der Waals surface area contributed by atoms with Crippen molar-refractivity contribution in [1.82, 2.24) is 10.6 Å². The first-order valence-corrected chi connectivity index (χ1v) is 12.7. The van der Waals surface area contributed by atoms with Gasteiger partial charge in [0.15, 0.2) is 5.96 Å². The van der Waals surface area contributed by atoms with Crippen LogP contribution in [0.1, 0.15) is 45.6 Å². The Labute approximate surface area is 204 Å². The number of hydrogen-bond acceptors (Lipinski definition) is 5. The van der Waals surface area contributed by atoms with Crippen molar-refractivity contribution in [3.05, 3.63) is 29.8 Å². The Morgan fingerprint density at radius 1 is 1.35 bits per heavy atom. The third-order valence-corrected chi connectivity index (χ3v) is 6.23. The van der Waals surface area contributed by atoms with E-state index in [2.05, 4.69) is 21.6 Å². The van der Waals surface area contributed by atoms with Crippen LogP contribution in [0.2, 0.25) is 0 Å². The van der Waals surface area contributed by atoms with Gasteiger partial charge in [-0.3, -0.25) is 4.99 Å². The van der Waals surface area contributed by atoms with E-state index >= 15 is 0 Å². The number of para-hydroxylation sites is 1. The molecule has 1 aromatic rings. The molecule has 2 N–H and O–H groups in total. The molecule has 1 saturated heterocycles. The molecule has 174 valence electrons. The maximum Gasteiger partial charge on any atom is 0.191 e. The highest BCUT2D eigenvalue weighted by molar-refractivity contribution is 14.0. The minimum absolute atomic E-state index is 0. The molecule has 0 bridgehead atoms. The van der Waals surface area contributed by atoms with Gasteiger partial charge in [0.2, 0.25) is 0 Å². The maximum atomic E-state index is 11.5. The lowest BCUT2D eigenvalue weighted by Gasteiger charge is -2.36. The molecule has 0 amide bonds. The third-order valence-electron chi connectivity index (χ3n) is 5.29. The standard InChI is InChI=1S/C22H35N5O2S.HI/c1-5-24-21(25-17-22(2,3)12-14-30(4,28)29)26-19-10-8-13-27(16-19)20-11-7-6-9-18(20)15-23;/h6-7,9,11,19H,5,8,10,12-14,16-17H2,1-4H3,(H2,24,25,26);1H. The smallest absolute Gasteiger partial charge is 0.191 e. The number of nitriles is 1. The van der Waals surface area contributed by atoms with Crippen LogP contribution in [0.5, 0.6) is 0 Å². The zero-order valence-corrected chi connectivity index (χ0v) is 22.2. The molecule has 1 heterocycles.